The molecular formula is C20H16N2O4S. The van der Waals surface area contributed by atoms with Crippen LogP contribution in [0.5, 0.6) is 0 Å². The molecule has 136 valence electrons. The molecule has 27 heavy (non-hydrogen) atoms. The maximum atomic E-state index is 12.5. The number of ketones is 1. The van der Waals surface area contributed by atoms with Crippen molar-refractivity contribution in [1.82, 2.24) is 4.90 Å². The first-order chi connectivity index (χ1) is 13.0. The van der Waals surface area contributed by atoms with Gasteiger partial charge in [0.1, 0.15) is 0 Å². The van der Waals surface area contributed by atoms with E-state index >= 15 is 0 Å². The molecule has 0 fully saturated rings. The van der Waals surface area contributed by atoms with Crippen molar-refractivity contribution in [3.05, 3.63) is 64.7 Å². The number of thioether (sulfide) groups is 1. The maximum Gasteiger partial charge on any atom is 0.315 e. The van der Waals surface area contributed by atoms with Crippen molar-refractivity contribution >= 4 is 29.4 Å². The number of amides is 1. The first-order valence-electron chi connectivity index (χ1n) is 8.17. The van der Waals surface area contributed by atoms with E-state index in [1.807, 2.05) is 0 Å². The summed E-state index contributed by atoms with van der Waals surface area (Å²) in [6.07, 6.45) is 0. The van der Waals surface area contributed by atoms with Gasteiger partial charge in [0.15, 0.2) is 5.78 Å². The number of fused-ring (bicyclic) bond motifs is 1. The summed E-state index contributed by atoms with van der Waals surface area (Å²) in [6.45, 7) is 0.298. The Kier molecular flexibility index (Phi) is 5.57. The van der Waals surface area contributed by atoms with Crippen molar-refractivity contribution in [1.29, 1.82) is 5.26 Å². The van der Waals surface area contributed by atoms with Crippen LogP contribution in [-0.2, 0) is 16.1 Å². The smallest absolute Gasteiger partial charge is 0.315 e. The number of nitriles is 1. The standard InChI is InChI=1S/C20H16N2O4S/c1-26-19(24)12-27-16-5-3-14(4-6-16)18(23)11-22-10-15-8-13(9-21)2-7-17(15)20(22)25/h2-8H,10-12H2,1H3. The predicted octanol–water partition coefficient (Wildman–Crippen LogP) is 2.66. The highest BCUT2D eigenvalue weighted by Crippen LogP contribution is 2.24. The van der Waals surface area contributed by atoms with Crippen LogP contribution >= 0.6 is 11.8 Å². The zero-order valence-corrected chi connectivity index (χ0v) is 15.4. The normalized spacial score (nSPS) is 12.4. The Hall–Kier alpha value is -3.11. The zero-order valence-electron chi connectivity index (χ0n) is 14.6. The lowest BCUT2D eigenvalue weighted by atomic mass is 10.1. The topological polar surface area (TPSA) is 87.5 Å². The number of methoxy groups -OCH3 is 1. The summed E-state index contributed by atoms with van der Waals surface area (Å²) < 4.78 is 4.59. The summed E-state index contributed by atoms with van der Waals surface area (Å²) in [6, 6.07) is 13.9. The van der Waals surface area contributed by atoms with E-state index in [-0.39, 0.29) is 30.0 Å². The Bertz CT molecular complexity index is 947. The van der Waals surface area contributed by atoms with E-state index in [9.17, 15) is 14.4 Å². The number of hydrogen-bond donors (Lipinski definition) is 0. The summed E-state index contributed by atoms with van der Waals surface area (Å²) in [7, 11) is 1.34. The SMILES string of the molecule is COC(=O)CSc1ccc(C(=O)CN2Cc3cc(C#N)ccc3C2=O)cc1. The summed E-state index contributed by atoms with van der Waals surface area (Å²) in [4.78, 5) is 38.5. The van der Waals surface area contributed by atoms with Gasteiger partial charge in [-0.3, -0.25) is 14.4 Å². The summed E-state index contributed by atoms with van der Waals surface area (Å²) >= 11 is 1.33. The van der Waals surface area contributed by atoms with E-state index in [1.54, 1.807) is 42.5 Å². The minimum absolute atomic E-state index is 0.0238. The molecule has 0 atom stereocenters. The molecule has 1 heterocycles. The van der Waals surface area contributed by atoms with Crippen molar-refractivity contribution < 1.29 is 19.1 Å². The van der Waals surface area contributed by atoms with Gasteiger partial charge in [0.05, 0.1) is 31.0 Å². The molecule has 0 spiro atoms. The second-order valence-corrected chi connectivity index (χ2v) is 7.01. The Morgan fingerprint density at radius 3 is 2.63 bits per heavy atom. The number of nitrogens with zero attached hydrogens (tertiary/aromatic N) is 2. The molecule has 0 bridgehead atoms. The van der Waals surface area contributed by atoms with Gasteiger partial charge in [-0.25, -0.2) is 0 Å². The van der Waals surface area contributed by atoms with E-state index in [0.717, 1.165) is 10.5 Å². The summed E-state index contributed by atoms with van der Waals surface area (Å²) in [5.74, 6) is -0.476. The minimum atomic E-state index is -0.313. The fourth-order valence-corrected chi connectivity index (χ4v) is 3.51. The highest BCUT2D eigenvalue weighted by atomic mass is 32.2. The van der Waals surface area contributed by atoms with Crippen LogP contribution in [0.2, 0.25) is 0 Å². The van der Waals surface area contributed by atoms with Gasteiger partial charge >= 0.3 is 5.97 Å². The van der Waals surface area contributed by atoms with Crippen LogP contribution in [0.4, 0.5) is 0 Å². The van der Waals surface area contributed by atoms with Gasteiger partial charge in [-0.1, -0.05) is 12.1 Å². The molecule has 0 aromatic heterocycles. The number of carbonyl (C=O) groups is 3. The van der Waals surface area contributed by atoms with E-state index in [2.05, 4.69) is 10.8 Å². The number of Topliss-reactive ketones (excluding diaryl/α,β-unsaturated/α-hetero) is 1. The van der Waals surface area contributed by atoms with Crippen molar-refractivity contribution in [2.45, 2.75) is 11.4 Å². The van der Waals surface area contributed by atoms with Gasteiger partial charge in [-0.15, -0.1) is 11.8 Å². The third kappa shape index (κ3) is 4.18. The van der Waals surface area contributed by atoms with Crippen LogP contribution in [0.15, 0.2) is 47.4 Å². The van der Waals surface area contributed by atoms with Crippen LogP contribution in [0.25, 0.3) is 0 Å². The van der Waals surface area contributed by atoms with E-state index < -0.39 is 0 Å². The van der Waals surface area contributed by atoms with Crippen LogP contribution in [0, 0.1) is 11.3 Å². The first-order valence-corrected chi connectivity index (χ1v) is 9.15. The summed E-state index contributed by atoms with van der Waals surface area (Å²) in [5, 5.41) is 8.97. The molecule has 2 aromatic rings. The fraction of sp³-hybridized carbons (Fsp3) is 0.200. The van der Waals surface area contributed by atoms with Gasteiger partial charge in [0, 0.05) is 22.6 Å². The van der Waals surface area contributed by atoms with Crippen LogP contribution < -0.4 is 0 Å². The molecule has 0 unspecified atom stereocenters. The number of carbonyl (C=O) groups excluding carboxylic acids is 3. The van der Waals surface area contributed by atoms with Gasteiger partial charge in [-0.05, 0) is 35.9 Å². The highest BCUT2D eigenvalue weighted by molar-refractivity contribution is 8.00. The molecule has 0 N–H and O–H groups in total. The van der Waals surface area contributed by atoms with Crippen molar-refractivity contribution in [3.63, 3.8) is 0 Å². The van der Waals surface area contributed by atoms with Crippen LogP contribution in [-0.4, -0.2) is 42.0 Å². The largest absolute Gasteiger partial charge is 0.468 e. The second kappa shape index (κ2) is 8.06. The van der Waals surface area contributed by atoms with E-state index in [0.29, 0.717) is 23.2 Å². The third-order valence-electron chi connectivity index (χ3n) is 4.21. The minimum Gasteiger partial charge on any atom is -0.468 e. The zero-order chi connectivity index (χ0) is 19.4. The average Bonchev–Trinajstić information content (AvgIpc) is 3.01. The molecule has 2 aromatic carbocycles. The molecular weight excluding hydrogens is 364 g/mol. The monoisotopic (exact) mass is 380 g/mol. The molecule has 0 radical (unpaired) electrons. The van der Waals surface area contributed by atoms with Crippen molar-refractivity contribution in [3.8, 4) is 6.07 Å². The quantitative estimate of drug-likeness (QED) is 0.435. The lowest BCUT2D eigenvalue weighted by molar-refractivity contribution is -0.137. The number of hydrogen-bond acceptors (Lipinski definition) is 6. The fourth-order valence-electron chi connectivity index (χ4n) is 2.78. The molecule has 1 aliphatic heterocycles. The molecule has 0 saturated heterocycles. The van der Waals surface area contributed by atoms with Gasteiger partial charge in [0.2, 0.25) is 0 Å². The second-order valence-electron chi connectivity index (χ2n) is 5.96. The van der Waals surface area contributed by atoms with Gasteiger partial charge < -0.3 is 9.64 Å². The molecule has 0 aliphatic carbocycles. The van der Waals surface area contributed by atoms with Crippen molar-refractivity contribution in [2.24, 2.45) is 0 Å². The van der Waals surface area contributed by atoms with Crippen molar-refractivity contribution in [2.75, 3.05) is 19.4 Å². The number of esters is 1. The molecule has 7 heteroatoms. The van der Waals surface area contributed by atoms with Crippen LogP contribution in [0.3, 0.4) is 0 Å². The number of rotatable bonds is 6. The Morgan fingerprint density at radius 1 is 1.22 bits per heavy atom. The van der Waals surface area contributed by atoms with E-state index in [1.165, 1.54) is 23.8 Å². The average molecular weight is 380 g/mol. The van der Waals surface area contributed by atoms with E-state index in [4.69, 9.17) is 5.26 Å². The molecule has 3 rings (SSSR count). The predicted molar refractivity (Wildman–Crippen MR) is 99.4 cm³/mol. The van der Waals surface area contributed by atoms with Gasteiger partial charge in [0.25, 0.3) is 5.91 Å². The molecule has 1 amide bonds. The summed E-state index contributed by atoms with van der Waals surface area (Å²) in [5.41, 5.74) is 2.30. The third-order valence-corrected chi connectivity index (χ3v) is 5.19. The van der Waals surface area contributed by atoms with Gasteiger partial charge in [-0.2, -0.15) is 5.26 Å². The molecule has 1 aliphatic rings. The maximum absolute atomic E-state index is 12.5. The number of benzene rings is 2. The first kappa shape index (κ1) is 18.7. The van der Waals surface area contributed by atoms with Crippen LogP contribution in [0.1, 0.15) is 31.8 Å². The Balaban J connectivity index is 1.63. The lowest BCUT2D eigenvalue weighted by Gasteiger charge is -2.14. The Labute approximate surface area is 160 Å². The molecule has 6 nitrogen and oxygen atoms in total. The Morgan fingerprint density at radius 2 is 1.96 bits per heavy atom. The number of ether oxygens (including phenoxy) is 1. The molecule has 0 saturated carbocycles. The highest BCUT2D eigenvalue weighted by Gasteiger charge is 2.29. The lowest BCUT2D eigenvalue weighted by Crippen LogP contribution is -2.30.